The van der Waals surface area contributed by atoms with Crippen LogP contribution in [0.25, 0.3) is 6.08 Å². The van der Waals surface area contributed by atoms with E-state index in [1.165, 1.54) is 6.07 Å². The Kier molecular flexibility index (Phi) is 4.42. The van der Waals surface area contributed by atoms with Gasteiger partial charge >= 0.3 is 0 Å². The molecule has 1 aromatic rings. The van der Waals surface area contributed by atoms with E-state index in [4.69, 9.17) is 16.9 Å². The Balaban J connectivity index is 2.10. The maximum Gasteiger partial charge on any atom is 0.141 e. The first-order valence-electron chi connectivity index (χ1n) is 6.42. The van der Waals surface area contributed by atoms with E-state index in [-0.39, 0.29) is 10.4 Å². The van der Waals surface area contributed by atoms with Crippen LogP contribution in [0.2, 0.25) is 5.02 Å². The van der Waals surface area contributed by atoms with Crippen molar-refractivity contribution >= 4 is 17.7 Å². The fourth-order valence-electron chi connectivity index (χ4n) is 2.03. The fourth-order valence-corrected chi connectivity index (χ4v) is 2.22. The molecule has 1 atom stereocenters. The lowest BCUT2D eigenvalue weighted by Gasteiger charge is -2.24. The number of halogens is 2. The van der Waals surface area contributed by atoms with Crippen LogP contribution in [0.4, 0.5) is 4.39 Å². The highest BCUT2D eigenvalue weighted by Crippen LogP contribution is 2.32. The molecular weight excluding hydrogens is 273 g/mol. The van der Waals surface area contributed by atoms with Gasteiger partial charge in [0.2, 0.25) is 0 Å². The summed E-state index contributed by atoms with van der Waals surface area (Å²) in [5.41, 5.74) is 1.85. The summed E-state index contributed by atoms with van der Waals surface area (Å²) in [4.78, 5) is 0. The Morgan fingerprint density at radius 1 is 1.50 bits per heavy atom. The minimum absolute atomic E-state index is 0.0835. The predicted octanol–water partition coefficient (Wildman–Crippen LogP) is 5.30. The summed E-state index contributed by atoms with van der Waals surface area (Å²) < 4.78 is 13.1. The zero-order valence-electron chi connectivity index (χ0n) is 11.2. The highest BCUT2D eigenvalue weighted by molar-refractivity contribution is 6.30. The molecule has 1 unspecified atom stereocenters. The van der Waals surface area contributed by atoms with Crippen molar-refractivity contribution in [1.29, 1.82) is 5.26 Å². The first-order chi connectivity index (χ1) is 9.52. The average molecular weight is 288 g/mol. The topological polar surface area (TPSA) is 23.8 Å². The molecule has 0 radical (unpaired) electrons. The van der Waals surface area contributed by atoms with Crippen LogP contribution in [0.3, 0.4) is 0 Å². The zero-order chi connectivity index (χ0) is 14.6. The maximum absolute atomic E-state index is 13.1. The predicted molar refractivity (Wildman–Crippen MR) is 80.6 cm³/mol. The van der Waals surface area contributed by atoms with E-state index in [2.05, 4.69) is 31.2 Å². The molecule has 0 fully saturated rings. The van der Waals surface area contributed by atoms with Gasteiger partial charge in [-0.3, -0.25) is 0 Å². The molecule has 1 aromatic carbocycles. The minimum Gasteiger partial charge on any atom is -0.205 e. The van der Waals surface area contributed by atoms with Crippen LogP contribution in [0.1, 0.15) is 25.3 Å². The van der Waals surface area contributed by atoms with Gasteiger partial charge in [0.25, 0.3) is 0 Å². The molecule has 102 valence electrons. The molecule has 1 aliphatic rings. The molecule has 0 amide bonds. The molecule has 0 saturated heterocycles. The van der Waals surface area contributed by atoms with E-state index >= 15 is 0 Å². The molecule has 0 saturated carbocycles. The van der Waals surface area contributed by atoms with Gasteiger partial charge in [-0.1, -0.05) is 55.0 Å². The Bertz CT molecular complexity index is 637. The Morgan fingerprint density at radius 3 is 2.90 bits per heavy atom. The molecule has 3 heteroatoms. The van der Waals surface area contributed by atoms with Crippen molar-refractivity contribution in [3.05, 3.63) is 64.5 Å². The highest BCUT2D eigenvalue weighted by atomic mass is 35.5. The van der Waals surface area contributed by atoms with Crippen LogP contribution in [0.5, 0.6) is 0 Å². The highest BCUT2D eigenvalue weighted by Gasteiger charge is 2.18. The van der Waals surface area contributed by atoms with E-state index in [0.717, 1.165) is 17.6 Å². The van der Waals surface area contributed by atoms with Crippen LogP contribution < -0.4 is 0 Å². The van der Waals surface area contributed by atoms with Gasteiger partial charge in [-0.05, 0) is 29.7 Å². The second kappa shape index (κ2) is 6.07. The SMILES string of the molecule is CC1(/C=C/c2ccc(F)c(Cl)c2)C=CC(CC#N)=CC1. The summed E-state index contributed by atoms with van der Waals surface area (Å²) in [6, 6.07) is 6.82. The first kappa shape index (κ1) is 14.6. The summed E-state index contributed by atoms with van der Waals surface area (Å²) >= 11 is 5.76. The molecule has 1 nitrogen and oxygen atoms in total. The average Bonchev–Trinajstić information content (AvgIpc) is 2.43. The van der Waals surface area contributed by atoms with Gasteiger partial charge in [-0.25, -0.2) is 4.39 Å². The summed E-state index contributed by atoms with van der Waals surface area (Å²) in [5.74, 6) is -0.406. The third kappa shape index (κ3) is 3.59. The molecule has 0 bridgehead atoms. The second-order valence-corrected chi connectivity index (χ2v) is 5.57. The van der Waals surface area contributed by atoms with Crippen molar-refractivity contribution < 1.29 is 4.39 Å². The summed E-state index contributed by atoms with van der Waals surface area (Å²) in [6.07, 6.45) is 11.5. The standard InChI is InChI=1S/C17H15ClFN/c1-17(8-4-13(5-9-17)7-11-20)10-6-14-2-3-16(19)15(18)12-14/h2-6,8,10,12H,7,9H2,1H3/b10-6+. The van der Waals surface area contributed by atoms with Crippen LogP contribution in [0.15, 0.2) is 48.1 Å². The van der Waals surface area contributed by atoms with Gasteiger partial charge < -0.3 is 0 Å². The largest absolute Gasteiger partial charge is 0.205 e. The van der Waals surface area contributed by atoms with Crippen molar-refractivity contribution in [2.24, 2.45) is 5.41 Å². The molecular formula is C17H15ClFN. The normalized spacial score (nSPS) is 21.8. The molecule has 20 heavy (non-hydrogen) atoms. The lowest BCUT2D eigenvalue weighted by molar-refractivity contribution is 0.555. The molecule has 0 N–H and O–H groups in total. The number of hydrogen-bond acceptors (Lipinski definition) is 1. The van der Waals surface area contributed by atoms with Crippen molar-refractivity contribution in [1.82, 2.24) is 0 Å². The monoisotopic (exact) mass is 287 g/mol. The van der Waals surface area contributed by atoms with E-state index in [9.17, 15) is 4.39 Å². The van der Waals surface area contributed by atoms with Gasteiger partial charge in [-0.15, -0.1) is 0 Å². The molecule has 0 aliphatic heterocycles. The Labute approximate surface area is 123 Å². The van der Waals surface area contributed by atoms with E-state index in [0.29, 0.717) is 6.42 Å². The quantitative estimate of drug-likeness (QED) is 0.740. The number of nitrogens with zero attached hydrogens (tertiary/aromatic N) is 1. The molecule has 1 aliphatic carbocycles. The Hall–Kier alpha value is -1.85. The van der Waals surface area contributed by atoms with E-state index in [1.54, 1.807) is 12.1 Å². The molecule has 2 rings (SSSR count). The van der Waals surface area contributed by atoms with Crippen LogP contribution in [-0.2, 0) is 0 Å². The number of nitriles is 1. The summed E-state index contributed by atoms with van der Waals surface area (Å²) in [6.45, 7) is 2.12. The van der Waals surface area contributed by atoms with E-state index in [1.807, 2.05) is 12.2 Å². The van der Waals surface area contributed by atoms with Gasteiger partial charge in [0.1, 0.15) is 5.82 Å². The minimum atomic E-state index is -0.406. The van der Waals surface area contributed by atoms with Gasteiger partial charge in [0.05, 0.1) is 17.5 Å². The maximum atomic E-state index is 13.1. The van der Waals surface area contributed by atoms with Crippen molar-refractivity contribution in [2.75, 3.05) is 0 Å². The van der Waals surface area contributed by atoms with E-state index < -0.39 is 5.82 Å². The number of rotatable bonds is 3. The van der Waals surface area contributed by atoms with Gasteiger partial charge in [0.15, 0.2) is 0 Å². The lowest BCUT2D eigenvalue weighted by Crippen LogP contribution is -2.11. The fraction of sp³-hybridized carbons (Fsp3) is 0.235. The third-order valence-corrected chi connectivity index (χ3v) is 3.66. The molecule has 0 heterocycles. The summed E-state index contributed by atoms with van der Waals surface area (Å²) in [7, 11) is 0. The number of benzene rings is 1. The van der Waals surface area contributed by atoms with Crippen molar-refractivity contribution in [3.8, 4) is 6.07 Å². The summed E-state index contributed by atoms with van der Waals surface area (Å²) in [5, 5.41) is 8.80. The molecule has 0 spiro atoms. The van der Waals surface area contributed by atoms with Gasteiger partial charge in [0, 0.05) is 5.41 Å². The zero-order valence-corrected chi connectivity index (χ0v) is 12.0. The first-order valence-corrected chi connectivity index (χ1v) is 6.80. The van der Waals surface area contributed by atoms with Crippen LogP contribution >= 0.6 is 11.6 Å². The number of hydrogen-bond donors (Lipinski definition) is 0. The Morgan fingerprint density at radius 2 is 2.30 bits per heavy atom. The van der Waals surface area contributed by atoms with Crippen molar-refractivity contribution in [3.63, 3.8) is 0 Å². The second-order valence-electron chi connectivity index (χ2n) is 5.16. The van der Waals surface area contributed by atoms with Crippen LogP contribution in [0, 0.1) is 22.6 Å². The lowest BCUT2D eigenvalue weighted by atomic mass is 9.81. The smallest absolute Gasteiger partial charge is 0.141 e. The molecule has 0 aromatic heterocycles. The van der Waals surface area contributed by atoms with Crippen molar-refractivity contribution in [2.45, 2.75) is 19.8 Å². The van der Waals surface area contributed by atoms with Crippen LogP contribution in [-0.4, -0.2) is 0 Å². The van der Waals surface area contributed by atoms with Gasteiger partial charge in [-0.2, -0.15) is 5.26 Å². The third-order valence-electron chi connectivity index (χ3n) is 3.37. The number of allylic oxidation sites excluding steroid dienone is 5.